The molecule has 0 saturated heterocycles. The van der Waals surface area contributed by atoms with E-state index in [4.69, 9.17) is 17.4 Å². The Labute approximate surface area is 127 Å². The van der Waals surface area contributed by atoms with Crippen molar-refractivity contribution in [1.82, 2.24) is 5.43 Å². The number of aryl methyl sites for hydroxylation is 1. The summed E-state index contributed by atoms with van der Waals surface area (Å²) >= 11 is 7.71. The van der Waals surface area contributed by atoms with Crippen molar-refractivity contribution in [3.8, 4) is 0 Å². The van der Waals surface area contributed by atoms with Gasteiger partial charge in [-0.15, -0.1) is 11.8 Å². The summed E-state index contributed by atoms with van der Waals surface area (Å²) in [6.45, 7) is 1.94. The first-order valence-electron chi connectivity index (χ1n) is 6.21. The molecular formula is C15H16ClFN2S. The highest BCUT2D eigenvalue weighted by atomic mass is 35.5. The molecule has 2 nitrogen and oxygen atoms in total. The van der Waals surface area contributed by atoms with Gasteiger partial charge < -0.3 is 0 Å². The van der Waals surface area contributed by atoms with Gasteiger partial charge in [0.2, 0.25) is 0 Å². The molecule has 0 heterocycles. The molecule has 5 heteroatoms. The average molecular weight is 311 g/mol. The zero-order valence-corrected chi connectivity index (χ0v) is 12.6. The van der Waals surface area contributed by atoms with E-state index >= 15 is 0 Å². The topological polar surface area (TPSA) is 38.0 Å². The van der Waals surface area contributed by atoms with Crippen LogP contribution < -0.4 is 11.3 Å². The van der Waals surface area contributed by atoms with Crippen LogP contribution in [0.2, 0.25) is 5.02 Å². The van der Waals surface area contributed by atoms with Crippen molar-refractivity contribution in [2.24, 2.45) is 5.84 Å². The van der Waals surface area contributed by atoms with Crippen molar-refractivity contribution >= 4 is 23.4 Å². The van der Waals surface area contributed by atoms with Gasteiger partial charge in [0.1, 0.15) is 5.82 Å². The van der Waals surface area contributed by atoms with Crippen molar-refractivity contribution in [3.05, 3.63) is 64.4 Å². The molecule has 0 radical (unpaired) electrons. The van der Waals surface area contributed by atoms with Crippen molar-refractivity contribution in [2.75, 3.05) is 5.75 Å². The predicted octanol–water partition coefficient (Wildman–Crippen LogP) is 4.08. The minimum absolute atomic E-state index is 0.132. The molecule has 0 aliphatic heterocycles. The maximum absolute atomic E-state index is 13.4. The molecule has 1 unspecified atom stereocenters. The highest BCUT2D eigenvalue weighted by Crippen LogP contribution is 2.30. The summed E-state index contributed by atoms with van der Waals surface area (Å²) in [4.78, 5) is 0.989. The molecule has 2 aromatic carbocycles. The fourth-order valence-corrected chi connectivity index (χ4v) is 3.25. The normalized spacial score (nSPS) is 12.4. The average Bonchev–Trinajstić information content (AvgIpc) is 2.45. The summed E-state index contributed by atoms with van der Waals surface area (Å²) in [5, 5.41) is 0.712. The molecule has 0 amide bonds. The molecule has 2 rings (SSSR count). The maximum atomic E-state index is 13.4. The summed E-state index contributed by atoms with van der Waals surface area (Å²) in [5.74, 6) is 6.02. The van der Waals surface area contributed by atoms with Crippen LogP contribution in [-0.2, 0) is 0 Å². The minimum Gasteiger partial charge on any atom is -0.271 e. The van der Waals surface area contributed by atoms with Crippen LogP contribution in [0.15, 0.2) is 47.4 Å². The summed E-state index contributed by atoms with van der Waals surface area (Å²) in [7, 11) is 0. The molecule has 0 aromatic heterocycles. The first-order chi connectivity index (χ1) is 9.61. The molecule has 3 N–H and O–H groups in total. The van der Waals surface area contributed by atoms with E-state index in [9.17, 15) is 4.39 Å². The summed E-state index contributed by atoms with van der Waals surface area (Å²) in [5.41, 5.74) is 4.62. The van der Waals surface area contributed by atoms with Crippen molar-refractivity contribution in [1.29, 1.82) is 0 Å². The van der Waals surface area contributed by atoms with E-state index in [-0.39, 0.29) is 11.9 Å². The standard InChI is InChI=1S/C15H16ClFN2S/c1-10-6-7-11(17)8-12(10)14(19-18)9-20-15-5-3-2-4-13(15)16/h2-8,14,19H,9,18H2,1H3. The van der Waals surface area contributed by atoms with E-state index in [1.165, 1.54) is 12.1 Å². The predicted molar refractivity (Wildman–Crippen MR) is 83.4 cm³/mol. The van der Waals surface area contributed by atoms with E-state index in [1.807, 2.05) is 31.2 Å². The summed E-state index contributed by atoms with van der Waals surface area (Å²) < 4.78 is 13.4. The third-order valence-corrected chi connectivity index (χ3v) is 4.67. The van der Waals surface area contributed by atoms with Gasteiger partial charge in [-0.05, 0) is 42.3 Å². The van der Waals surface area contributed by atoms with Gasteiger partial charge in [-0.3, -0.25) is 11.3 Å². The number of nitrogens with two attached hydrogens (primary N) is 1. The smallest absolute Gasteiger partial charge is 0.123 e. The lowest BCUT2D eigenvalue weighted by Gasteiger charge is -2.18. The third-order valence-electron chi connectivity index (χ3n) is 3.06. The van der Waals surface area contributed by atoms with Crippen LogP contribution in [-0.4, -0.2) is 5.75 Å². The molecular weight excluding hydrogens is 295 g/mol. The first-order valence-corrected chi connectivity index (χ1v) is 7.57. The molecule has 0 saturated carbocycles. The van der Waals surface area contributed by atoms with Gasteiger partial charge >= 0.3 is 0 Å². The Balaban J connectivity index is 2.13. The van der Waals surface area contributed by atoms with Crippen LogP contribution in [0, 0.1) is 12.7 Å². The SMILES string of the molecule is Cc1ccc(F)cc1C(CSc1ccccc1Cl)NN. The zero-order chi connectivity index (χ0) is 14.5. The Morgan fingerprint density at radius 1 is 1.30 bits per heavy atom. The number of hydrogen-bond acceptors (Lipinski definition) is 3. The van der Waals surface area contributed by atoms with E-state index in [0.717, 1.165) is 16.0 Å². The second-order valence-corrected chi connectivity index (χ2v) is 5.93. The van der Waals surface area contributed by atoms with Gasteiger partial charge in [0.05, 0.1) is 11.1 Å². The van der Waals surface area contributed by atoms with Crippen LogP contribution in [0.1, 0.15) is 17.2 Å². The zero-order valence-electron chi connectivity index (χ0n) is 11.1. The van der Waals surface area contributed by atoms with Crippen LogP contribution in [0.25, 0.3) is 0 Å². The molecule has 2 aromatic rings. The number of nitrogens with one attached hydrogen (secondary N) is 1. The fraction of sp³-hybridized carbons (Fsp3) is 0.200. The van der Waals surface area contributed by atoms with Gasteiger partial charge in [-0.2, -0.15) is 0 Å². The van der Waals surface area contributed by atoms with Gasteiger partial charge in [0.15, 0.2) is 0 Å². The Morgan fingerprint density at radius 2 is 2.05 bits per heavy atom. The first kappa shape index (κ1) is 15.3. The van der Waals surface area contributed by atoms with Gasteiger partial charge in [0, 0.05) is 10.6 Å². The van der Waals surface area contributed by atoms with Crippen molar-refractivity contribution in [2.45, 2.75) is 17.9 Å². The number of benzene rings is 2. The Kier molecular flexibility index (Phi) is 5.43. The minimum atomic E-state index is -0.256. The van der Waals surface area contributed by atoms with Crippen LogP contribution in [0.5, 0.6) is 0 Å². The highest BCUT2D eigenvalue weighted by Gasteiger charge is 2.14. The number of hydrogen-bond donors (Lipinski definition) is 2. The number of thioether (sulfide) groups is 1. The highest BCUT2D eigenvalue weighted by molar-refractivity contribution is 7.99. The molecule has 0 aliphatic carbocycles. The van der Waals surface area contributed by atoms with E-state index in [2.05, 4.69) is 5.43 Å². The molecule has 0 spiro atoms. The number of hydrazine groups is 1. The van der Waals surface area contributed by atoms with E-state index in [0.29, 0.717) is 10.8 Å². The Hall–Kier alpha value is -1.07. The van der Waals surface area contributed by atoms with Crippen molar-refractivity contribution in [3.63, 3.8) is 0 Å². The fourth-order valence-electron chi connectivity index (χ4n) is 1.95. The lowest BCUT2D eigenvalue weighted by Crippen LogP contribution is -2.30. The monoisotopic (exact) mass is 310 g/mol. The number of halogens is 2. The van der Waals surface area contributed by atoms with Crippen molar-refractivity contribution < 1.29 is 4.39 Å². The van der Waals surface area contributed by atoms with Crippen LogP contribution in [0.3, 0.4) is 0 Å². The van der Waals surface area contributed by atoms with E-state index < -0.39 is 0 Å². The summed E-state index contributed by atoms with van der Waals surface area (Å²) in [6, 6.07) is 12.2. The van der Waals surface area contributed by atoms with Gasteiger partial charge in [-0.25, -0.2) is 4.39 Å². The van der Waals surface area contributed by atoms with Gasteiger partial charge in [-0.1, -0.05) is 29.8 Å². The summed E-state index contributed by atoms with van der Waals surface area (Å²) in [6.07, 6.45) is 0. The second kappa shape index (κ2) is 7.09. The maximum Gasteiger partial charge on any atom is 0.123 e. The Morgan fingerprint density at radius 3 is 2.75 bits per heavy atom. The quantitative estimate of drug-likeness (QED) is 0.496. The molecule has 106 valence electrons. The molecule has 0 aliphatic rings. The molecule has 0 fully saturated rings. The molecule has 0 bridgehead atoms. The molecule has 20 heavy (non-hydrogen) atoms. The lowest BCUT2D eigenvalue weighted by atomic mass is 10.0. The molecule has 1 atom stereocenters. The lowest BCUT2D eigenvalue weighted by molar-refractivity contribution is 0.588. The Bertz CT molecular complexity index is 592. The van der Waals surface area contributed by atoms with Crippen LogP contribution in [0.4, 0.5) is 4.39 Å². The van der Waals surface area contributed by atoms with Crippen LogP contribution >= 0.6 is 23.4 Å². The van der Waals surface area contributed by atoms with Gasteiger partial charge in [0.25, 0.3) is 0 Å². The second-order valence-electron chi connectivity index (χ2n) is 4.46. The van der Waals surface area contributed by atoms with E-state index in [1.54, 1.807) is 17.8 Å². The number of rotatable bonds is 5. The largest absolute Gasteiger partial charge is 0.271 e. The third kappa shape index (κ3) is 3.73.